The number of hydrogen-bond acceptors (Lipinski definition) is 3. The average molecular weight is 280 g/mol. The molecule has 2 amide bonds. The molecule has 1 rings (SSSR count). The predicted octanol–water partition coefficient (Wildman–Crippen LogP) is 1.27. The van der Waals surface area contributed by atoms with Crippen molar-refractivity contribution in [2.24, 2.45) is 0 Å². The Labute approximate surface area is 117 Å². The number of carbonyl (C=O) groups excluding carboxylic acids is 1. The van der Waals surface area contributed by atoms with E-state index in [1.807, 2.05) is 37.3 Å². The quantitative estimate of drug-likeness (QED) is 0.604. The Bertz CT molecular complexity index is 436. The Morgan fingerprint density at radius 2 is 1.85 bits per heavy atom. The van der Waals surface area contributed by atoms with Gasteiger partial charge < -0.3 is 20.8 Å². The first-order valence-electron chi connectivity index (χ1n) is 6.54. The highest BCUT2D eigenvalue weighted by Crippen LogP contribution is 2.15. The molecule has 0 saturated heterocycles. The first-order valence-corrected chi connectivity index (χ1v) is 6.54. The molecule has 0 spiro atoms. The van der Waals surface area contributed by atoms with Crippen molar-refractivity contribution in [1.82, 2.24) is 10.6 Å². The van der Waals surface area contributed by atoms with Gasteiger partial charge in [-0.25, -0.2) is 9.59 Å². The number of benzene rings is 1. The first kappa shape index (κ1) is 16.0. The molecule has 110 valence electrons. The van der Waals surface area contributed by atoms with Gasteiger partial charge in [0.25, 0.3) is 0 Å². The SMILES string of the molecule is CCC(NC(=O)N[C@H](CCO)C(=O)O)c1ccccc1. The van der Waals surface area contributed by atoms with Crippen molar-refractivity contribution in [3.8, 4) is 0 Å². The van der Waals surface area contributed by atoms with Crippen molar-refractivity contribution in [2.45, 2.75) is 31.8 Å². The zero-order chi connectivity index (χ0) is 15.0. The lowest BCUT2D eigenvalue weighted by atomic mass is 10.1. The second-order valence-electron chi connectivity index (χ2n) is 4.39. The van der Waals surface area contributed by atoms with E-state index in [9.17, 15) is 9.59 Å². The molecular formula is C14H20N2O4. The number of nitrogens with one attached hydrogen (secondary N) is 2. The number of aliphatic hydroxyl groups excluding tert-OH is 1. The van der Waals surface area contributed by atoms with Gasteiger partial charge in [-0.2, -0.15) is 0 Å². The van der Waals surface area contributed by atoms with Gasteiger partial charge in [0.2, 0.25) is 0 Å². The van der Waals surface area contributed by atoms with Gasteiger partial charge in [-0.05, 0) is 12.0 Å². The van der Waals surface area contributed by atoms with E-state index in [2.05, 4.69) is 10.6 Å². The number of carbonyl (C=O) groups is 2. The fourth-order valence-electron chi connectivity index (χ4n) is 1.85. The molecule has 20 heavy (non-hydrogen) atoms. The van der Waals surface area contributed by atoms with Crippen LogP contribution in [0.3, 0.4) is 0 Å². The summed E-state index contributed by atoms with van der Waals surface area (Å²) in [4.78, 5) is 22.7. The molecule has 1 unspecified atom stereocenters. The monoisotopic (exact) mass is 280 g/mol. The maximum Gasteiger partial charge on any atom is 0.326 e. The largest absolute Gasteiger partial charge is 0.480 e. The third kappa shape index (κ3) is 4.89. The van der Waals surface area contributed by atoms with Crippen LogP contribution in [-0.4, -0.2) is 34.9 Å². The van der Waals surface area contributed by atoms with Crippen LogP contribution < -0.4 is 10.6 Å². The Balaban J connectivity index is 2.61. The first-order chi connectivity index (χ1) is 9.58. The molecule has 0 aromatic heterocycles. The summed E-state index contributed by atoms with van der Waals surface area (Å²) in [5.41, 5.74) is 0.958. The van der Waals surface area contributed by atoms with E-state index >= 15 is 0 Å². The van der Waals surface area contributed by atoms with E-state index in [1.54, 1.807) is 0 Å². The summed E-state index contributed by atoms with van der Waals surface area (Å²) < 4.78 is 0. The van der Waals surface area contributed by atoms with E-state index < -0.39 is 18.0 Å². The minimum atomic E-state index is -1.16. The molecule has 1 aromatic rings. The Kier molecular flexibility index (Phi) is 6.52. The van der Waals surface area contributed by atoms with E-state index in [4.69, 9.17) is 10.2 Å². The lowest BCUT2D eigenvalue weighted by Gasteiger charge is -2.20. The standard InChI is InChI=1S/C14H20N2O4/c1-2-11(10-6-4-3-5-7-10)15-14(20)16-12(8-9-17)13(18)19/h3-7,11-12,17H,2,8-9H2,1H3,(H,18,19)(H2,15,16,20)/t11?,12-/m1/s1. The zero-order valence-electron chi connectivity index (χ0n) is 11.4. The highest BCUT2D eigenvalue weighted by Gasteiger charge is 2.20. The van der Waals surface area contributed by atoms with E-state index in [-0.39, 0.29) is 19.1 Å². The maximum absolute atomic E-state index is 11.8. The summed E-state index contributed by atoms with van der Waals surface area (Å²) in [6.45, 7) is 1.63. The summed E-state index contributed by atoms with van der Waals surface area (Å²) in [6.07, 6.45) is 0.667. The molecule has 0 radical (unpaired) electrons. The smallest absolute Gasteiger partial charge is 0.326 e. The number of hydrogen-bond donors (Lipinski definition) is 4. The number of aliphatic hydroxyl groups is 1. The summed E-state index contributed by atoms with van der Waals surface area (Å²) >= 11 is 0. The molecule has 0 heterocycles. The third-order valence-corrected chi connectivity index (χ3v) is 2.94. The highest BCUT2D eigenvalue weighted by atomic mass is 16.4. The molecule has 0 fully saturated rings. The number of urea groups is 1. The van der Waals surface area contributed by atoms with E-state index in [0.29, 0.717) is 6.42 Å². The Morgan fingerprint density at radius 1 is 1.20 bits per heavy atom. The molecule has 0 bridgehead atoms. The van der Waals surface area contributed by atoms with Gasteiger partial charge in [0.05, 0.1) is 6.04 Å². The topological polar surface area (TPSA) is 98.7 Å². The van der Waals surface area contributed by atoms with Crippen molar-refractivity contribution in [3.63, 3.8) is 0 Å². The number of carboxylic acids is 1. The van der Waals surface area contributed by atoms with Crippen molar-refractivity contribution >= 4 is 12.0 Å². The minimum Gasteiger partial charge on any atom is -0.480 e. The van der Waals surface area contributed by atoms with Gasteiger partial charge in [-0.15, -0.1) is 0 Å². The van der Waals surface area contributed by atoms with Gasteiger partial charge in [-0.3, -0.25) is 0 Å². The zero-order valence-corrected chi connectivity index (χ0v) is 11.4. The molecule has 2 atom stereocenters. The number of amides is 2. The molecule has 0 aliphatic carbocycles. The average Bonchev–Trinajstić information content (AvgIpc) is 2.45. The molecule has 6 nitrogen and oxygen atoms in total. The predicted molar refractivity (Wildman–Crippen MR) is 74.3 cm³/mol. The number of carboxylic acid groups (broad SMARTS) is 1. The summed E-state index contributed by atoms with van der Waals surface area (Å²) in [5, 5.41) is 22.8. The fourth-order valence-corrected chi connectivity index (χ4v) is 1.85. The normalized spacial score (nSPS) is 13.3. The van der Waals surface area contributed by atoms with Crippen LogP contribution >= 0.6 is 0 Å². The molecule has 6 heteroatoms. The molecule has 0 aliphatic rings. The second-order valence-corrected chi connectivity index (χ2v) is 4.39. The van der Waals surface area contributed by atoms with Crippen molar-refractivity contribution in [2.75, 3.05) is 6.61 Å². The highest BCUT2D eigenvalue weighted by molar-refractivity contribution is 5.82. The molecular weight excluding hydrogens is 260 g/mol. The van der Waals surface area contributed by atoms with Crippen molar-refractivity contribution in [3.05, 3.63) is 35.9 Å². The fraction of sp³-hybridized carbons (Fsp3) is 0.429. The van der Waals surface area contributed by atoms with Crippen molar-refractivity contribution < 1.29 is 19.8 Å². The van der Waals surface area contributed by atoms with Crippen LogP contribution in [0.5, 0.6) is 0 Å². The van der Waals surface area contributed by atoms with Crippen molar-refractivity contribution in [1.29, 1.82) is 0 Å². The molecule has 4 N–H and O–H groups in total. The Morgan fingerprint density at radius 3 is 2.35 bits per heavy atom. The Hall–Kier alpha value is -2.08. The van der Waals surface area contributed by atoms with E-state index in [0.717, 1.165) is 5.56 Å². The second kappa shape index (κ2) is 8.16. The summed E-state index contributed by atoms with van der Waals surface area (Å²) in [5.74, 6) is -1.16. The van der Waals surface area contributed by atoms with Crippen LogP contribution in [0.1, 0.15) is 31.4 Å². The van der Waals surface area contributed by atoms with E-state index in [1.165, 1.54) is 0 Å². The van der Waals surface area contributed by atoms with Crippen LogP contribution in [0.4, 0.5) is 4.79 Å². The minimum absolute atomic E-state index is 0.0229. The molecule has 0 aliphatic heterocycles. The summed E-state index contributed by atoms with van der Waals surface area (Å²) in [6, 6.07) is 7.62. The number of aliphatic carboxylic acids is 1. The van der Waals surface area contributed by atoms with Crippen LogP contribution in [-0.2, 0) is 4.79 Å². The lowest BCUT2D eigenvalue weighted by molar-refractivity contribution is -0.139. The van der Waals surface area contributed by atoms with Gasteiger partial charge in [0, 0.05) is 13.0 Å². The molecule has 1 aromatic carbocycles. The van der Waals surface area contributed by atoms with Crippen LogP contribution in [0, 0.1) is 0 Å². The van der Waals surface area contributed by atoms with Gasteiger partial charge in [0.15, 0.2) is 0 Å². The number of rotatable bonds is 7. The van der Waals surface area contributed by atoms with Gasteiger partial charge in [0.1, 0.15) is 6.04 Å². The van der Waals surface area contributed by atoms with Gasteiger partial charge >= 0.3 is 12.0 Å². The lowest BCUT2D eigenvalue weighted by Crippen LogP contribution is -2.47. The third-order valence-electron chi connectivity index (χ3n) is 2.94. The molecule has 0 saturated carbocycles. The van der Waals surface area contributed by atoms with Crippen LogP contribution in [0.15, 0.2) is 30.3 Å². The van der Waals surface area contributed by atoms with Crippen LogP contribution in [0.2, 0.25) is 0 Å². The summed E-state index contributed by atoms with van der Waals surface area (Å²) in [7, 11) is 0. The van der Waals surface area contributed by atoms with Crippen LogP contribution in [0.25, 0.3) is 0 Å². The maximum atomic E-state index is 11.8. The van der Waals surface area contributed by atoms with Gasteiger partial charge in [-0.1, -0.05) is 37.3 Å².